The monoisotopic (exact) mass is 337 g/mol. The summed E-state index contributed by atoms with van der Waals surface area (Å²) in [6.07, 6.45) is 3.90. The number of aromatic nitrogens is 4. The van der Waals surface area contributed by atoms with E-state index < -0.39 is 0 Å². The molecule has 7 heteroatoms. The van der Waals surface area contributed by atoms with Crippen LogP contribution in [0.1, 0.15) is 23.6 Å². The van der Waals surface area contributed by atoms with Crippen LogP contribution in [-0.2, 0) is 24.2 Å². The summed E-state index contributed by atoms with van der Waals surface area (Å²) in [5.41, 5.74) is 1.35. The summed E-state index contributed by atoms with van der Waals surface area (Å²) in [4.78, 5) is 28.8. The van der Waals surface area contributed by atoms with Gasteiger partial charge in [-0.2, -0.15) is 5.10 Å². The molecule has 3 heterocycles. The Balaban J connectivity index is 1.48. The Labute approximate surface area is 144 Å². The van der Waals surface area contributed by atoms with Gasteiger partial charge in [0.15, 0.2) is 0 Å². The molecule has 2 N–H and O–H groups in total. The molecule has 128 valence electrons. The molecule has 4 rings (SSSR count). The van der Waals surface area contributed by atoms with E-state index in [1.165, 1.54) is 0 Å². The van der Waals surface area contributed by atoms with Crippen molar-refractivity contribution in [2.45, 2.75) is 38.8 Å². The Kier molecular flexibility index (Phi) is 3.83. The van der Waals surface area contributed by atoms with E-state index >= 15 is 0 Å². The van der Waals surface area contributed by atoms with Gasteiger partial charge < -0.3 is 9.88 Å². The zero-order chi connectivity index (χ0) is 17.4. The third-order valence-corrected chi connectivity index (χ3v) is 4.58. The molecule has 1 aromatic carbocycles. The summed E-state index contributed by atoms with van der Waals surface area (Å²) in [5.74, 6) is 0.992. The molecular formula is C18H19N5O2. The fourth-order valence-corrected chi connectivity index (χ4v) is 3.44. The van der Waals surface area contributed by atoms with Crippen LogP contribution in [0.5, 0.6) is 0 Å². The molecule has 0 bridgehead atoms. The predicted octanol–water partition coefficient (Wildman–Crippen LogP) is 1.10. The van der Waals surface area contributed by atoms with Crippen LogP contribution in [0.25, 0.3) is 10.8 Å². The first-order valence-electron chi connectivity index (χ1n) is 8.38. The lowest BCUT2D eigenvalue weighted by atomic mass is 10.1. The minimum Gasteiger partial charge on any atom is -0.351 e. The van der Waals surface area contributed by atoms with Gasteiger partial charge in [-0.15, -0.1) is 0 Å². The number of H-pyrrole nitrogens is 1. The van der Waals surface area contributed by atoms with Gasteiger partial charge >= 0.3 is 0 Å². The first-order chi connectivity index (χ1) is 12.1. The van der Waals surface area contributed by atoms with Crippen molar-refractivity contribution in [3.05, 3.63) is 58.0 Å². The number of aryl methyl sites for hydroxylation is 2. The van der Waals surface area contributed by atoms with Gasteiger partial charge in [0.05, 0.1) is 23.2 Å². The third kappa shape index (κ3) is 3.05. The second-order valence-corrected chi connectivity index (χ2v) is 6.48. The molecule has 1 amide bonds. The van der Waals surface area contributed by atoms with Crippen molar-refractivity contribution in [1.29, 1.82) is 0 Å². The van der Waals surface area contributed by atoms with Crippen molar-refractivity contribution in [2.24, 2.45) is 0 Å². The zero-order valence-electron chi connectivity index (χ0n) is 14.0. The molecule has 0 radical (unpaired) electrons. The smallest absolute Gasteiger partial charge is 0.272 e. The summed E-state index contributed by atoms with van der Waals surface area (Å²) >= 11 is 0. The summed E-state index contributed by atoms with van der Waals surface area (Å²) < 4.78 is 2.11. The van der Waals surface area contributed by atoms with Crippen molar-refractivity contribution < 1.29 is 4.79 Å². The molecule has 0 fully saturated rings. The van der Waals surface area contributed by atoms with E-state index in [0.717, 1.165) is 36.3 Å². The highest BCUT2D eigenvalue weighted by molar-refractivity contribution is 5.88. The lowest BCUT2D eigenvalue weighted by molar-refractivity contribution is -0.121. The van der Waals surface area contributed by atoms with Crippen LogP contribution < -0.4 is 10.9 Å². The number of carbonyl (C=O) groups is 1. The summed E-state index contributed by atoms with van der Waals surface area (Å²) in [6, 6.07) is 7.29. The number of benzene rings is 1. The molecule has 7 nitrogen and oxygen atoms in total. The highest BCUT2D eigenvalue weighted by atomic mass is 16.1. The van der Waals surface area contributed by atoms with Crippen LogP contribution >= 0.6 is 0 Å². The number of aromatic amines is 1. The second kappa shape index (κ2) is 6.16. The van der Waals surface area contributed by atoms with E-state index in [-0.39, 0.29) is 23.9 Å². The van der Waals surface area contributed by atoms with Crippen molar-refractivity contribution in [1.82, 2.24) is 25.1 Å². The van der Waals surface area contributed by atoms with Crippen LogP contribution in [0.4, 0.5) is 0 Å². The fraction of sp³-hybridized carbons (Fsp3) is 0.333. The van der Waals surface area contributed by atoms with Gasteiger partial charge in [-0.1, -0.05) is 18.2 Å². The molecule has 0 aliphatic carbocycles. The molecule has 1 aliphatic heterocycles. The number of nitrogens with zero attached hydrogens (tertiary/aromatic N) is 3. The van der Waals surface area contributed by atoms with Gasteiger partial charge in [-0.3, -0.25) is 9.59 Å². The van der Waals surface area contributed by atoms with Crippen LogP contribution in [0.15, 0.2) is 35.3 Å². The Morgan fingerprint density at radius 1 is 1.36 bits per heavy atom. The maximum Gasteiger partial charge on any atom is 0.272 e. The maximum absolute atomic E-state index is 12.5. The summed E-state index contributed by atoms with van der Waals surface area (Å²) in [5, 5.41) is 10.9. The zero-order valence-corrected chi connectivity index (χ0v) is 14.0. The highest BCUT2D eigenvalue weighted by Gasteiger charge is 2.21. The molecule has 0 saturated heterocycles. The molecule has 0 unspecified atom stereocenters. The van der Waals surface area contributed by atoms with Gasteiger partial charge in [0.1, 0.15) is 5.82 Å². The molecular weight excluding hydrogens is 318 g/mol. The van der Waals surface area contributed by atoms with Gasteiger partial charge in [0, 0.05) is 30.6 Å². The molecule has 2 aromatic heterocycles. The summed E-state index contributed by atoms with van der Waals surface area (Å²) in [6.45, 7) is 2.72. The number of fused-ring (bicyclic) bond motifs is 2. The quantitative estimate of drug-likeness (QED) is 0.748. The van der Waals surface area contributed by atoms with E-state index in [1.54, 1.807) is 12.1 Å². The van der Waals surface area contributed by atoms with Crippen molar-refractivity contribution in [3.63, 3.8) is 0 Å². The Morgan fingerprint density at radius 3 is 3.00 bits per heavy atom. The predicted molar refractivity (Wildman–Crippen MR) is 93.3 cm³/mol. The number of imidazole rings is 1. The average molecular weight is 337 g/mol. The topological polar surface area (TPSA) is 92.7 Å². The highest BCUT2D eigenvalue weighted by Crippen LogP contribution is 2.16. The van der Waals surface area contributed by atoms with Crippen molar-refractivity contribution in [3.8, 4) is 0 Å². The first-order valence-corrected chi connectivity index (χ1v) is 8.38. The maximum atomic E-state index is 12.5. The average Bonchev–Trinajstić information content (AvgIpc) is 2.97. The van der Waals surface area contributed by atoms with Crippen LogP contribution in [0.2, 0.25) is 0 Å². The molecule has 0 spiro atoms. The normalized spacial score (nSPS) is 16.6. The fourth-order valence-electron chi connectivity index (χ4n) is 3.44. The second-order valence-electron chi connectivity index (χ2n) is 6.48. The number of nitrogens with one attached hydrogen (secondary N) is 2. The van der Waals surface area contributed by atoms with Crippen LogP contribution in [0.3, 0.4) is 0 Å². The Hall–Kier alpha value is -2.96. The minimum atomic E-state index is -0.241. The van der Waals surface area contributed by atoms with E-state index in [1.807, 2.05) is 25.3 Å². The van der Waals surface area contributed by atoms with Crippen LogP contribution in [0, 0.1) is 6.92 Å². The number of hydrogen-bond acceptors (Lipinski definition) is 4. The minimum absolute atomic E-state index is 0.0858. The molecule has 1 atom stereocenters. The number of carbonyl (C=O) groups excluding carboxylic acids is 1. The van der Waals surface area contributed by atoms with Gasteiger partial charge in [-0.25, -0.2) is 10.1 Å². The number of amides is 1. The SMILES string of the molecule is Cc1cn2c(n1)CC[C@H](NC(=O)Cc1n[nH]c(=O)c3ccccc13)C2. The van der Waals surface area contributed by atoms with Gasteiger partial charge in [-0.05, 0) is 19.4 Å². The Bertz CT molecular complexity index is 1000. The van der Waals surface area contributed by atoms with Gasteiger partial charge in [0.25, 0.3) is 5.56 Å². The van der Waals surface area contributed by atoms with E-state index in [0.29, 0.717) is 11.1 Å². The first kappa shape index (κ1) is 15.6. The lowest BCUT2D eigenvalue weighted by Crippen LogP contribution is -2.41. The third-order valence-electron chi connectivity index (χ3n) is 4.58. The van der Waals surface area contributed by atoms with E-state index in [2.05, 4.69) is 25.1 Å². The van der Waals surface area contributed by atoms with Crippen molar-refractivity contribution in [2.75, 3.05) is 0 Å². The largest absolute Gasteiger partial charge is 0.351 e. The number of rotatable bonds is 3. The van der Waals surface area contributed by atoms with E-state index in [4.69, 9.17) is 0 Å². The molecule has 3 aromatic rings. The molecule has 25 heavy (non-hydrogen) atoms. The molecule has 1 aliphatic rings. The standard InChI is InChI=1S/C18H19N5O2/c1-11-9-23-10-12(6-7-16(23)19-11)20-17(24)8-15-13-4-2-3-5-14(13)18(25)22-21-15/h2-5,9,12H,6-8,10H2,1H3,(H,20,24)(H,22,25)/t12-/m0/s1. The van der Waals surface area contributed by atoms with E-state index in [9.17, 15) is 9.59 Å². The lowest BCUT2D eigenvalue weighted by Gasteiger charge is -2.24. The van der Waals surface area contributed by atoms with Gasteiger partial charge in [0.2, 0.25) is 5.91 Å². The van der Waals surface area contributed by atoms with Crippen molar-refractivity contribution >= 4 is 16.7 Å². The Morgan fingerprint density at radius 2 is 2.16 bits per heavy atom. The number of hydrogen-bond donors (Lipinski definition) is 2. The van der Waals surface area contributed by atoms with Crippen LogP contribution in [-0.4, -0.2) is 31.7 Å². The summed E-state index contributed by atoms with van der Waals surface area (Å²) in [7, 11) is 0. The molecule has 0 saturated carbocycles.